The smallest absolute Gasteiger partial charge is 0.319 e. The fraction of sp³-hybridized carbons (Fsp3) is 0.167. The second-order valence-corrected chi connectivity index (χ2v) is 13.7. The van der Waals surface area contributed by atoms with E-state index in [0.717, 1.165) is 11.1 Å². The van der Waals surface area contributed by atoms with Crippen LogP contribution >= 0.6 is 23.2 Å². The summed E-state index contributed by atoms with van der Waals surface area (Å²) in [5.74, 6) is 0.596. The number of nitrogens with zero attached hydrogens (tertiary/aromatic N) is 2. The number of methoxy groups -OCH3 is 1. The van der Waals surface area contributed by atoms with Gasteiger partial charge in [-0.1, -0.05) is 59.6 Å². The zero-order valence-corrected chi connectivity index (χ0v) is 32.4. The predicted molar refractivity (Wildman–Crippen MR) is 217 cm³/mol. The number of ether oxygens (including phenoxy) is 4. The molecule has 0 radical (unpaired) electrons. The minimum Gasteiger partial charge on any atom is -0.493 e. The number of urea groups is 1. The van der Waals surface area contributed by atoms with Crippen LogP contribution in [-0.2, 0) is 28.9 Å². The largest absolute Gasteiger partial charge is 0.493 e. The van der Waals surface area contributed by atoms with Gasteiger partial charge in [-0.2, -0.15) is 0 Å². The topological polar surface area (TPSA) is 162 Å². The van der Waals surface area contributed by atoms with Gasteiger partial charge >= 0.3 is 6.03 Å². The van der Waals surface area contributed by atoms with Crippen LogP contribution in [0.2, 0.25) is 10.0 Å². The van der Waals surface area contributed by atoms with Crippen LogP contribution in [0.15, 0.2) is 97.3 Å². The lowest BCUT2D eigenvalue weighted by Crippen LogP contribution is -2.37. The van der Waals surface area contributed by atoms with Gasteiger partial charge in [0.25, 0.3) is 5.91 Å². The summed E-state index contributed by atoms with van der Waals surface area (Å²) >= 11 is 12.5. The van der Waals surface area contributed by atoms with Crippen LogP contribution in [0.25, 0.3) is 10.9 Å². The number of amides is 4. The number of anilines is 3. The van der Waals surface area contributed by atoms with Crippen LogP contribution in [-0.4, -0.2) is 54.7 Å². The van der Waals surface area contributed by atoms with Gasteiger partial charge in [0.1, 0.15) is 30.3 Å². The molecule has 1 aromatic heterocycles. The summed E-state index contributed by atoms with van der Waals surface area (Å²) in [6, 6.07) is 25.1. The molecule has 6 aromatic rings. The van der Waals surface area contributed by atoms with Crippen molar-refractivity contribution in [3.8, 4) is 23.0 Å². The molecular formula is C42H35Cl2FN6O7. The molecule has 1 aliphatic heterocycles. The van der Waals surface area contributed by atoms with Gasteiger partial charge in [-0.25, -0.2) is 19.2 Å². The molecule has 0 atom stereocenters. The van der Waals surface area contributed by atoms with Crippen LogP contribution < -0.4 is 35.5 Å². The molecule has 58 heavy (non-hydrogen) atoms. The molecular weight excluding hydrogens is 790 g/mol. The summed E-state index contributed by atoms with van der Waals surface area (Å²) in [5, 5.41) is 11.9. The average molecular weight is 826 g/mol. The van der Waals surface area contributed by atoms with Crippen LogP contribution in [0.1, 0.15) is 27.0 Å². The minimum atomic E-state index is -0.596. The predicted octanol–water partition coefficient (Wildman–Crippen LogP) is 8.39. The lowest BCUT2D eigenvalue weighted by atomic mass is 9.99. The van der Waals surface area contributed by atoms with Crippen molar-refractivity contribution in [2.75, 3.05) is 37.6 Å². The number of fused-ring (bicyclic) bond motifs is 2. The third-order valence-electron chi connectivity index (χ3n) is 8.96. The molecule has 2 heterocycles. The quantitative estimate of drug-likeness (QED) is 0.0585. The first kappa shape index (κ1) is 39.7. The second-order valence-electron chi connectivity index (χ2n) is 12.9. The number of halogens is 3. The highest BCUT2D eigenvalue weighted by molar-refractivity contribution is 6.31. The minimum absolute atomic E-state index is 0.0157. The summed E-state index contributed by atoms with van der Waals surface area (Å²) in [7, 11) is 1.52. The van der Waals surface area contributed by atoms with E-state index in [-0.39, 0.29) is 42.8 Å². The molecule has 16 heteroatoms. The SMILES string of the molecule is COc1cc2ncnc(Nc3cccc(Cl)c3F)c2cc1OCCOCCc1ccc(NC(=O)NCc2cccc(Oc3cccc4c3C(=O)NC(=O)C4)c2)cc1Cl. The van der Waals surface area contributed by atoms with Gasteiger partial charge in [0.15, 0.2) is 17.3 Å². The number of nitrogens with one attached hydrogen (secondary N) is 4. The number of imide groups is 1. The fourth-order valence-electron chi connectivity index (χ4n) is 6.16. The summed E-state index contributed by atoms with van der Waals surface area (Å²) in [6.45, 7) is 1.04. The van der Waals surface area contributed by atoms with E-state index in [0.29, 0.717) is 74.6 Å². The van der Waals surface area contributed by atoms with E-state index in [2.05, 4.69) is 31.2 Å². The Balaban J connectivity index is 0.865. The Morgan fingerprint density at radius 2 is 1.72 bits per heavy atom. The Morgan fingerprint density at radius 1 is 0.879 bits per heavy atom. The first-order valence-electron chi connectivity index (χ1n) is 18.0. The Hall–Kier alpha value is -6.48. The number of carbonyl (C=O) groups is 3. The molecule has 0 bridgehead atoms. The molecule has 0 aliphatic carbocycles. The van der Waals surface area contributed by atoms with Crippen molar-refractivity contribution in [1.82, 2.24) is 20.6 Å². The number of aromatic nitrogens is 2. The third-order valence-corrected chi connectivity index (χ3v) is 9.60. The van der Waals surface area contributed by atoms with Crippen LogP contribution in [0.4, 0.5) is 26.4 Å². The van der Waals surface area contributed by atoms with Gasteiger partial charge in [-0.3, -0.25) is 14.9 Å². The Morgan fingerprint density at radius 3 is 2.57 bits per heavy atom. The van der Waals surface area contributed by atoms with Crippen molar-refractivity contribution in [2.45, 2.75) is 19.4 Å². The van der Waals surface area contributed by atoms with Gasteiger partial charge in [0, 0.05) is 28.7 Å². The number of rotatable bonds is 15. The van der Waals surface area contributed by atoms with Crippen molar-refractivity contribution in [3.05, 3.63) is 135 Å². The van der Waals surface area contributed by atoms with Crippen molar-refractivity contribution in [1.29, 1.82) is 0 Å². The highest BCUT2D eigenvalue weighted by Crippen LogP contribution is 2.36. The van der Waals surface area contributed by atoms with Crippen molar-refractivity contribution in [2.24, 2.45) is 0 Å². The molecule has 1 aliphatic rings. The average Bonchev–Trinajstić information content (AvgIpc) is 3.20. The van der Waals surface area contributed by atoms with E-state index >= 15 is 0 Å². The highest BCUT2D eigenvalue weighted by atomic mass is 35.5. The molecule has 296 valence electrons. The fourth-order valence-corrected chi connectivity index (χ4v) is 6.61. The van der Waals surface area contributed by atoms with E-state index in [9.17, 15) is 18.8 Å². The van der Waals surface area contributed by atoms with Crippen molar-refractivity contribution in [3.63, 3.8) is 0 Å². The highest BCUT2D eigenvalue weighted by Gasteiger charge is 2.26. The van der Waals surface area contributed by atoms with E-state index in [1.165, 1.54) is 19.5 Å². The molecule has 13 nitrogen and oxygen atoms in total. The monoisotopic (exact) mass is 824 g/mol. The summed E-state index contributed by atoms with van der Waals surface area (Å²) in [4.78, 5) is 45.6. The van der Waals surface area contributed by atoms with Crippen molar-refractivity contribution < 1.29 is 37.7 Å². The number of hydrogen-bond donors (Lipinski definition) is 4. The first-order valence-corrected chi connectivity index (χ1v) is 18.7. The van der Waals surface area contributed by atoms with Gasteiger partial charge in [0.05, 0.1) is 48.5 Å². The lowest BCUT2D eigenvalue weighted by molar-refractivity contribution is -0.119. The van der Waals surface area contributed by atoms with E-state index in [1.807, 2.05) is 12.1 Å². The Kier molecular flexibility index (Phi) is 12.5. The molecule has 0 spiro atoms. The zero-order chi connectivity index (χ0) is 40.6. The normalized spacial score (nSPS) is 12.1. The van der Waals surface area contributed by atoms with Crippen LogP contribution in [0.5, 0.6) is 23.0 Å². The summed E-state index contributed by atoms with van der Waals surface area (Å²) in [6.07, 6.45) is 1.98. The number of benzene rings is 5. The Labute approximate surface area is 341 Å². The standard InChI is InChI=1S/C42H35Cl2FN6O7/c1-55-35-21-33-29(40(48-23-47-33)50-32-9-4-8-30(43)39(32)45)20-36(35)57-16-15-56-14-13-25-11-12-27(19-31(25)44)49-42(54)46-22-24-5-2-7-28(17-24)58-34-10-3-6-26-18-37(52)51-41(53)38(26)34/h2-12,17,19-21,23H,13-16,18,22H2,1H3,(H2,46,49,54)(H,47,48,50)(H,51,52,53). The second kappa shape index (κ2) is 18.2. The molecule has 5 aromatic carbocycles. The molecule has 4 amide bonds. The molecule has 4 N–H and O–H groups in total. The van der Waals surface area contributed by atoms with E-state index in [1.54, 1.807) is 72.8 Å². The molecule has 0 fully saturated rings. The summed E-state index contributed by atoms with van der Waals surface area (Å²) < 4.78 is 37.9. The Bertz CT molecular complexity index is 2520. The zero-order valence-electron chi connectivity index (χ0n) is 30.9. The molecule has 0 saturated heterocycles. The van der Waals surface area contributed by atoms with Gasteiger partial charge in [-0.05, 0) is 71.6 Å². The van der Waals surface area contributed by atoms with E-state index < -0.39 is 17.8 Å². The lowest BCUT2D eigenvalue weighted by Gasteiger charge is -2.18. The van der Waals surface area contributed by atoms with Crippen LogP contribution in [0.3, 0.4) is 0 Å². The molecule has 7 rings (SSSR count). The van der Waals surface area contributed by atoms with Gasteiger partial charge in [0.2, 0.25) is 5.91 Å². The third kappa shape index (κ3) is 9.54. The van der Waals surface area contributed by atoms with E-state index in [4.69, 9.17) is 42.1 Å². The number of hydrogen-bond acceptors (Lipinski definition) is 10. The maximum absolute atomic E-state index is 14.6. The maximum Gasteiger partial charge on any atom is 0.319 e. The molecule has 0 saturated carbocycles. The van der Waals surface area contributed by atoms with Gasteiger partial charge < -0.3 is 34.9 Å². The number of carbonyl (C=O) groups excluding carboxylic acids is 3. The van der Waals surface area contributed by atoms with Crippen molar-refractivity contribution >= 4 is 69.1 Å². The molecule has 0 unspecified atom stereocenters. The van der Waals surface area contributed by atoms with Gasteiger partial charge in [-0.15, -0.1) is 0 Å². The maximum atomic E-state index is 14.6. The van der Waals surface area contributed by atoms with Crippen LogP contribution in [0, 0.1) is 5.82 Å². The summed E-state index contributed by atoms with van der Waals surface area (Å²) in [5.41, 5.74) is 3.76. The first-order chi connectivity index (χ1) is 28.1.